The van der Waals surface area contributed by atoms with E-state index in [1.54, 1.807) is 19.9 Å². The fourth-order valence-corrected chi connectivity index (χ4v) is 3.08. The van der Waals surface area contributed by atoms with Crippen LogP contribution in [-0.2, 0) is 9.53 Å². The van der Waals surface area contributed by atoms with Crippen molar-refractivity contribution in [3.63, 3.8) is 0 Å². The summed E-state index contributed by atoms with van der Waals surface area (Å²) >= 11 is 0. The molecule has 1 N–H and O–H groups in total. The van der Waals surface area contributed by atoms with E-state index in [1.165, 1.54) is 6.42 Å². The number of amides is 1. The van der Waals surface area contributed by atoms with Crippen LogP contribution in [0.2, 0.25) is 0 Å². The minimum Gasteiger partial charge on any atom is -0.466 e. The number of nitrogens with one attached hydrogen (secondary N) is 1. The summed E-state index contributed by atoms with van der Waals surface area (Å²) in [5.74, 6) is 1.47. The Morgan fingerprint density at radius 1 is 1.32 bits per heavy atom. The summed E-state index contributed by atoms with van der Waals surface area (Å²) in [7, 11) is 0. The average molecular weight is 307 g/mol. The molecular formula is C17H25NO4. The molecule has 5 heteroatoms. The number of ether oxygens (including phenoxy) is 1. The van der Waals surface area contributed by atoms with Gasteiger partial charge in [0.25, 0.3) is 5.91 Å². The highest BCUT2D eigenvalue weighted by Crippen LogP contribution is 2.29. The standard InChI is InChI=1S/C17H25NO4/c1-10-6-5-7-15(12(10)3)18-16(19)9-21-17(20)14-8-11(2)22-13(14)4/h8,10,12,15H,5-7,9H2,1-4H3,(H,18,19)/t10-,12+,15+/m1/s1. The van der Waals surface area contributed by atoms with Crippen molar-refractivity contribution in [2.75, 3.05) is 6.61 Å². The van der Waals surface area contributed by atoms with E-state index < -0.39 is 5.97 Å². The lowest BCUT2D eigenvalue weighted by Crippen LogP contribution is -2.45. The van der Waals surface area contributed by atoms with Gasteiger partial charge in [0.05, 0.1) is 0 Å². The summed E-state index contributed by atoms with van der Waals surface area (Å²) in [4.78, 5) is 23.9. The molecule has 0 spiro atoms. The van der Waals surface area contributed by atoms with Crippen LogP contribution in [0, 0.1) is 25.7 Å². The Bertz CT molecular complexity index is 549. The lowest BCUT2D eigenvalue weighted by molar-refractivity contribution is -0.125. The third-order valence-electron chi connectivity index (χ3n) is 4.65. The molecule has 22 heavy (non-hydrogen) atoms. The SMILES string of the molecule is Cc1cc(C(=O)OCC(=O)N[C@H]2CCC[C@@H](C)[C@@H]2C)c(C)o1. The summed E-state index contributed by atoms with van der Waals surface area (Å²) in [5, 5.41) is 2.99. The Kier molecular flexibility index (Phi) is 5.27. The molecule has 0 saturated heterocycles. The maximum atomic E-state index is 12.0. The third-order valence-corrected chi connectivity index (χ3v) is 4.65. The molecule has 1 aliphatic carbocycles. The van der Waals surface area contributed by atoms with Crippen molar-refractivity contribution >= 4 is 11.9 Å². The summed E-state index contributed by atoms with van der Waals surface area (Å²) in [5.41, 5.74) is 0.380. The molecule has 0 aromatic carbocycles. The van der Waals surface area contributed by atoms with Crippen LogP contribution in [-0.4, -0.2) is 24.5 Å². The van der Waals surface area contributed by atoms with Gasteiger partial charge in [0, 0.05) is 6.04 Å². The molecule has 1 fully saturated rings. The largest absolute Gasteiger partial charge is 0.466 e. The van der Waals surface area contributed by atoms with Crippen LogP contribution in [0.25, 0.3) is 0 Å². The fraction of sp³-hybridized carbons (Fsp3) is 0.647. The van der Waals surface area contributed by atoms with Crippen LogP contribution in [0.15, 0.2) is 10.5 Å². The van der Waals surface area contributed by atoms with Crippen LogP contribution in [0.3, 0.4) is 0 Å². The number of hydrogen-bond donors (Lipinski definition) is 1. The molecule has 122 valence electrons. The first-order chi connectivity index (χ1) is 10.4. The van der Waals surface area contributed by atoms with Gasteiger partial charge in [-0.1, -0.05) is 26.7 Å². The molecule has 1 aromatic heterocycles. The van der Waals surface area contributed by atoms with Gasteiger partial charge in [0.15, 0.2) is 6.61 Å². The van der Waals surface area contributed by atoms with Crippen LogP contribution in [0.4, 0.5) is 0 Å². The Labute approximate surface area is 131 Å². The van der Waals surface area contributed by atoms with Gasteiger partial charge in [-0.3, -0.25) is 4.79 Å². The Morgan fingerprint density at radius 2 is 2.05 bits per heavy atom. The van der Waals surface area contributed by atoms with E-state index in [0.717, 1.165) is 12.8 Å². The van der Waals surface area contributed by atoms with E-state index in [0.29, 0.717) is 28.9 Å². The number of furan rings is 1. The van der Waals surface area contributed by atoms with Crippen molar-refractivity contribution in [2.24, 2.45) is 11.8 Å². The number of aryl methyl sites for hydroxylation is 2. The average Bonchev–Trinajstić information content (AvgIpc) is 2.80. The first-order valence-corrected chi connectivity index (χ1v) is 7.92. The van der Waals surface area contributed by atoms with Crippen molar-refractivity contribution in [3.05, 3.63) is 23.2 Å². The van der Waals surface area contributed by atoms with E-state index in [2.05, 4.69) is 19.2 Å². The van der Waals surface area contributed by atoms with E-state index in [4.69, 9.17) is 9.15 Å². The molecular weight excluding hydrogens is 282 g/mol. The monoisotopic (exact) mass is 307 g/mol. The second kappa shape index (κ2) is 6.99. The quantitative estimate of drug-likeness (QED) is 0.868. The lowest BCUT2D eigenvalue weighted by Gasteiger charge is -2.34. The van der Waals surface area contributed by atoms with Gasteiger partial charge >= 0.3 is 5.97 Å². The first-order valence-electron chi connectivity index (χ1n) is 7.92. The van der Waals surface area contributed by atoms with Gasteiger partial charge < -0.3 is 14.5 Å². The third kappa shape index (κ3) is 3.90. The molecule has 1 amide bonds. The molecule has 1 heterocycles. The van der Waals surface area contributed by atoms with Crippen molar-refractivity contribution in [1.29, 1.82) is 0 Å². The summed E-state index contributed by atoms with van der Waals surface area (Å²) in [6.45, 7) is 7.60. The van der Waals surface area contributed by atoms with E-state index >= 15 is 0 Å². The number of rotatable bonds is 4. The van der Waals surface area contributed by atoms with Gasteiger partial charge in [-0.25, -0.2) is 4.79 Å². The number of carbonyl (C=O) groups is 2. The van der Waals surface area contributed by atoms with Gasteiger partial charge in [0.2, 0.25) is 0 Å². The highest BCUT2D eigenvalue weighted by Gasteiger charge is 2.28. The van der Waals surface area contributed by atoms with Crippen LogP contribution < -0.4 is 5.32 Å². The first kappa shape index (κ1) is 16.6. The predicted molar refractivity (Wildman–Crippen MR) is 82.6 cm³/mol. The predicted octanol–water partition coefficient (Wildman–Crippen LogP) is 2.99. The van der Waals surface area contributed by atoms with Crippen LogP contribution in [0.1, 0.15) is 55.0 Å². The summed E-state index contributed by atoms with van der Waals surface area (Å²) in [6, 6.07) is 1.80. The zero-order valence-electron chi connectivity index (χ0n) is 13.8. The smallest absolute Gasteiger partial charge is 0.342 e. The van der Waals surface area contributed by atoms with E-state index in [-0.39, 0.29) is 18.6 Å². The molecule has 5 nitrogen and oxygen atoms in total. The Morgan fingerprint density at radius 3 is 2.68 bits per heavy atom. The lowest BCUT2D eigenvalue weighted by atomic mass is 9.78. The second-order valence-corrected chi connectivity index (χ2v) is 6.34. The van der Waals surface area contributed by atoms with E-state index in [9.17, 15) is 9.59 Å². The van der Waals surface area contributed by atoms with Crippen molar-refractivity contribution in [3.8, 4) is 0 Å². The summed E-state index contributed by atoms with van der Waals surface area (Å²) in [6.07, 6.45) is 3.33. The number of esters is 1. The van der Waals surface area contributed by atoms with Crippen LogP contribution >= 0.6 is 0 Å². The van der Waals surface area contributed by atoms with E-state index in [1.807, 2.05) is 0 Å². The van der Waals surface area contributed by atoms with Crippen molar-refractivity contribution in [1.82, 2.24) is 5.32 Å². The number of carbonyl (C=O) groups excluding carboxylic acids is 2. The minimum absolute atomic E-state index is 0.174. The van der Waals surface area contributed by atoms with Gasteiger partial charge in [-0.15, -0.1) is 0 Å². The molecule has 1 aliphatic rings. The van der Waals surface area contributed by atoms with Gasteiger partial charge in [-0.2, -0.15) is 0 Å². The highest BCUT2D eigenvalue weighted by atomic mass is 16.5. The zero-order valence-corrected chi connectivity index (χ0v) is 13.8. The van der Waals surface area contributed by atoms with Crippen LogP contribution in [0.5, 0.6) is 0 Å². The molecule has 0 unspecified atom stereocenters. The Hall–Kier alpha value is -1.78. The fourth-order valence-electron chi connectivity index (χ4n) is 3.08. The second-order valence-electron chi connectivity index (χ2n) is 6.34. The molecule has 2 rings (SSSR count). The summed E-state index contributed by atoms with van der Waals surface area (Å²) < 4.78 is 10.4. The van der Waals surface area contributed by atoms with Gasteiger partial charge in [-0.05, 0) is 38.2 Å². The zero-order chi connectivity index (χ0) is 16.3. The molecule has 1 saturated carbocycles. The maximum absolute atomic E-state index is 12.0. The maximum Gasteiger partial charge on any atom is 0.342 e. The number of hydrogen-bond acceptors (Lipinski definition) is 4. The Balaban J connectivity index is 1.82. The molecule has 3 atom stereocenters. The molecule has 0 bridgehead atoms. The highest BCUT2D eigenvalue weighted by molar-refractivity contribution is 5.92. The molecule has 1 aromatic rings. The minimum atomic E-state index is -0.519. The normalized spacial score (nSPS) is 24.8. The van der Waals surface area contributed by atoms with Crippen molar-refractivity contribution < 1.29 is 18.7 Å². The van der Waals surface area contributed by atoms with Crippen molar-refractivity contribution in [2.45, 2.75) is 53.0 Å². The topological polar surface area (TPSA) is 68.5 Å². The molecule has 0 radical (unpaired) electrons. The van der Waals surface area contributed by atoms with Gasteiger partial charge in [0.1, 0.15) is 17.1 Å². The molecule has 0 aliphatic heterocycles.